The number of halogens is 1. The van der Waals surface area contributed by atoms with Gasteiger partial charge in [-0.15, -0.1) is 0 Å². The van der Waals surface area contributed by atoms with Gasteiger partial charge in [-0.05, 0) is 43.1 Å². The molecule has 7 nitrogen and oxygen atoms in total. The largest absolute Gasteiger partial charge is 0.494 e. The van der Waals surface area contributed by atoms with Gasteiger partial charge in [0.15, 0.2) is 0 Å². The van der Waals surface area contributed by atoms with Crippen LogP contribution in [0.25, 0.3) is 10.9 Å². The van der Waals surface area contributed by atoms with Crippen LogP contribution in [0.3, 0.4) is 0 Å². The number of carboxylic acid groups (broad SMARTS) is 1. The van der Waals surface area contributed by atoms with E-state index in [1.807, 2.05) is 0 Å². The average Bonchev–Trinajstić information content (AvgIpc) is 3.59. The molecule has 8 heteroatoms. The highest BCUT2D eigenvalue weighted by atomic mass is 19.1. The number of hydrogen-bond acceptors (Lipinski definition) is 5. The highest BCUT2D eigenvalue weighted by Gasteiger charge is 2.58. The number of benzene rings is 1. The van der Waals surface area contributed by atoms with Gasteiger partial charge in [-0.2, -0.15) is 0 Å². The summed E-state index contributed by atoms with van der Waals surface area (Å²) in [7, 11) is 1.48. The lowest BCUT2D eigenvalue weighted by molar-refractivity contribution is 0.0695. The Labute approximate surface area is 166 Å². The Hall–Kier alpha value is -2.45. The van der Waals surface area contributed by atoms with Gasteiger partial charge >= 0.3 is 5.97 Å². The minimum atomic E-state index is -1.31. The van der Waals surface area contributed by atoms with E-state index in [0.717, 1.165) is 38.8 Å². The molecule has 3 atom stereocenters. The molecule has 3 fully saturated rings. The van der Waals surface area contributed by atoms with Crippen molar-refractivity contribution in [1.29, 1.82) is 0 Å². The molecule has 0 bridgehead atoms. The van der Waals surface area contributed by atoms with E-state index in [0.29, 0.717) is 16.8 Å². The molecule has 2 saturated carbocycles. The molecule has 1 saturated heterocycles. The first kappa shape index (κ1) is 18.6. The van der Waals surface area contributed by atoms with Gasteiger partial charge in [-0.25, -0.2) is 9.18 Å². The van der Waals surface area contributed by atoms with Gasteiger partial charge < -0.3 is 25.5 Å². The molecule has 5 rings (SSSR count). The maximum atomic E-state index is 15.3. The third kappa shape index (κ3) is 2.77. The van der Waals surface area contributed by atoms with Gasteiger partial charge in [-0.1, -0.05) is 0 Å². The molecule has 3 unspecified atom stereocenters. The average molecular weight is 401 g/mol. The van der Waals surface area contributed by atoms with Crippen LogP contribution in [-0.4, -0.2) is 41.9 Å². The molecule has 2 aliphatic carbocycles. The van der Waals surface area contributed by atoms with E-state index in [2.05, 4.69) is 5.32 Å². The Balaban J connectivity index is 1.74. The number of methoxy groups -OCH3 is 1. The molecule has 0 radical (unpaired) electrons. The fourth-order valence-electron chi connectivity index (χ4n) is 5.14. The fourth-order valence-corrected chi connectivity index (χ4v) is 5.14. The van der Waals surface area contributed by atoms with Crippen molar-refractivity contribution >= 4 is 16.9 Å². The number of nitrogens with one attached hydrogen (secondary N) is 1. The summed E-state index contributed by atoms with van der Waals surface area (Å²) in [6, 6.07) is 1.33. The first-order valence-corrected chi connectivity index (χ1v) is 10.0. The van der Waals surface area contributed by atoms with Crippen molar-refractivity contribution in [3.63, 3.8) is 0 Å². The minimum absolute atomic E-state index is 0.0334. The number of nitrogens with zero attached hydrogens (tertiary/aromatic N) is 1. The maximum absolute atomic E-state index is 15.3. The second-order valence-electron chi connectivity index (χ2n) is 8.73. The lowest BCUT2D eigenvalue weighted by Gasteiger charge is -2.29. The van der Waals surface area contributed by atoms with Gasteiger partial charge in [0, 0.05) is 36.9 Å². The Kier molecular flexibility index (Phi) is 4.02. The van der Waals surface area contributed by atoms with Gasteiger partial charge in [0.05, 0.1) is 18.0 Å². The third-order valence-corrected chi connectivity index (χ3v) is 6.72. The molecule has 1 aliphatic heterocycles. The predicted molar refractivity (Wildman–Crippen MR) is 105 cm³/mol. The molecule has 2 heterocycles. The molecule has 29 heavy (non-hydrogen) atoms. The van der Waals surface area contributed by atoms with E-state index in [1.165, 1.54) is 19.4 Å². The summed E-state index contributed by atoms with van der Waals surface area (Å²) in [5.74, 6) is -1.51. The number of hydrogen-bond donors (Lipinski definition) is 3. The number of carboxylic acids is 1. The third-order valence-electron chi connectivity index (χ3n) is 6.72. The van der Waals surface area contributed by atoms with Crippen molar-refractivity contribution in [2.45, 2.75) is 43.7 Å². The van der Waals surface area contributed by atoms with E-state index < -0.39 is 17.2 Å². The lowest BCUT2D eigenvalue weighted by atomic mass is 9.88. The van der Waals surface area contributed by atoms with E-state index in [9.17, 15) is 14.7 Å². The van der Waals surface area contributed by atoms with Crippen LogP contribution in [0.2, 0.25) is 0 Å². The molecule has 1 aromatic heterocycles. The summed E-state index contributed by atoms with van der Waals surface area (Å²) in [5.41, 5.74) is 6.00. The second kappa shape index (κ2) is 6.27. The quantitative estimate of drug-likeness (QED) is 0.723. The molecule has 154 valence electrons. The van der Waals surface area contributed by atoms with Crippen LogP contribution < -0.4 is 21.2 Å². The number of carbonyl (C=O) groups is 1. The zero-order chi connectivity index (χ0) is 20.5. The number of fused-ring (bicyclic) bond motifs is 1. The number of aromatic carboxylic acids is 1. The van der Waals surface area contributed by atoms with Crippen molar-refractivity contribution in [3.05, 3.63) is 39.4 Å². The first-order valence-electron chi connectivity index (χ1n) is 10.0. The van der Waals surface area contributed by atoms with Crippen molar-refractivity contribution in [1.82, 2.24) is 9.88 Å². The van der Waals surface area contributed by atoms with Crippen LogP contribution in [-0.2, 0) is 0 Å². The second-order valence-corrected chi connectivity index (χ2v) is 8.73. The summed E-state index contributed by atoms with van der Waals surface area (Å²) in [5, 5.41) is 12.8. The standard InChI is InChI=1S/C21H24FN3O4/c1-29-19-16(14-6-21(14)5-10(23)7-24-9-21)15(22)4-12-17(19)25(11-2-3-11)8-13(18(12)26)20(27)28/h4,8,10-11,14,24H,2-3,5-7,9,23H2,1H3,(H,27,28). The fraction of sp³-hybridized carbons (Fsp3) is 0.524. The Morgan fingerprint density at radius 1 is 1.41 bits per heavy atom. The van der Waals surface area contributed by atoms with Crippen LogP contribution >= 0.6 is 0 Å². The molecule has 1 aromatic carbocycles. The Morgan fingerprint density at radius 2 is 2.17 bits per heavy atom. The number of aromatic nitrogens is 1. The SMILES string of the molecule is COc1c(C2CC23CNCC(N)C3)c(F)cc2c(=O)c(C(=O)O)cn(C3CC3)c12. The topological polar surface area (TPSA) is 107 Å². The van der Waals surface area contributed by atoms with Crippen LogP contribution in [0.1, 0.15) is 53.6 Å². The predicted octanol–water partition coefficient (Wildman–Crippen LogP) is 1.98. The van der Waals surface area contributed by atoms with Gasteiger partial charge in [0.1, 0.15) is 17.1 Å². The number of pyridine rings is 1. The smallest absolute Gasteiger partial charge is 0.341 e. The molecule has 0 amide bonds. The van der Waals surface area contributed by atoms with Crippen LogP contribution in [0.15, 0.2) is 17.1 Å². The molecule has 1 spiro atoms. The number of ether oxygens (including phenoxy) is 1. The van der Waals surface area contributed by atoms with Crippen molar-refractivity contribution in [3.8, 4) is 5.75 Å². The van der Waals surface area contributed by atoms with Crippen LogP contribution in [0.4, 0.5) is 4.39 Å². The van der Waals surface area contributed by atoms with Gasteiger partial charge in [-0.3, -0.25) is 4.79 Å². The van der Waals surface area contributed by atoms with Crippen LogP contribution in [0.5, 0.6) is 5.75 Å². The summed E-state index contributed by atoms with van der Waals surface area (Å²) in [6.07, 6.45) is 4.79. The van der Waals surface area contributed by atoms with Gasteiger partial charge in [0.25, 0.3) is 0 Å². The van der Waals surface area contributed by atoms with E-state index in [1.54, 1.807) is 4.57 Å². The molecular weight excluding hydrogens is 377 g/mol. The summed E-state index contributed by atoms with van der Waals surface area (Å²) in [4.78, 5) is 24.3. The normalized spacial score (nSPS) is 28.7. The molecule has 4 N–H and O–H groups in total. The zero-order valence-corrected chi connectivity index (χ0v) is 16.2. The lowest BCUT2D eigenvalue weighted by Crippen LogP contribution is -2.45. The molecular formula is C21H24FN3O4. The van der Waals surface area contributed by atoms with Crippen molar-refractivity contribution in [2.24, 2.45) is 11.1 Å². The van der Waals surface area contributed by atoms with E-state index in [-0.39, 0.29) is 34.4 Å². The van der Waals surface area contributed by atoms with Crippen molar-refractivity contribution < 1.29 is 19.0 Å². The summed E-state index contributed by atoms with van der Waals surface area (Å²) < 4.78 is 22.8. The highest BCUT2D eigenvalue weighted by Crippen LogP contribution is 2.64. The monoisotopic (exact) mass is 401 g/mol. The maximum Gasteiger partial charge on any atom is 0.341 e. The Bertz CT molecular complexity index is 1090. The van der Waals surface area contributed by atoms with Gasteiger partial charge in [0.2, 0.25) is 5.43 Å². The molecule has 3 aliphatic rings. The minimum Gasteiger partial charge on any atom is -0.494 e. The number of rotatable bonds is 4. The molecule has 2 aromatic rings. The summed E-state index contributed by atoms with van der Waals surface area (Å²) >= 11 is 0. The van der Waals surface area contributed by atoms with E-state index in [4.69, 9.17) is 10.5 Å². The highest BCUT2D eigenvalue weighted by molar-refractivity contribution is 5.95. The number of nitrogens with two attached hydrogens (primary N) is 1. The summed E-state index contributed by atoms with van der Waals surface area (Å²) in [6.45, 7) is 1.53. The van der Waals surface area contributed by atoms with E-state index >= 15 is 4.39 Å². The number of piperidine rings is 1. The zero-order valence-electron chi connectivity index (χ0n) is 16.2. The Morgan fingerprint density at radius 3 is 2.79 bits per heavy atom. The van der Waals surface area contributed by atoms with Crippen molar-refractivity contribution in [2.75, 3.05) is 20.2 Å². The van der Waals surface area contributed by atoms with Crippen LogP contribution in [0, 0.1) is 11.2 Å². The first-order chi connectivity index (χ1) is 13.9.